The van der Waals surface area contributed by atoms with E-state index in [1.165, 1.54) is 5.56 Å². The maximum Gasteiger partial charge on any atom is 0.277 e. The molecule has 0 unspecified atom stereocenters. The van der Waals surface area contributed by atoms with Gasteiger partial charge in [-0.2, -0.15) is 5.10 Å². The Balaban J connectivity index is 1.62. The van der Waals surface area contributed by atoms with E-state index in [1.54, 1.807) is 0 Å². The van der Waals surface area contributed by atoms with Gasteiger partial charge in [0.25, 0.3) is 5.91 Å². The summed E-state index contributed by atoms with van der Waals surface area (Å²) in [6, 6.07) is 19.9. The zero-order valence-electron chi connectivity index (χ0n) is 16.2. The lowest BCUT2D eigenvalue weighted by atomic mass is 10.0. The number of benzene rings is 3. The molecular weight excluding hydrogens is 416 g/mol. The second-order valence-electron chi connectivity index (χ2n) is 6.89. The molecule has 0 aliphatic carbocycles. The van der Waals surface area contributed by atoms with Gasteiger partial charge in [-0.15, -0.1) is 0 Å². The Hall–Kier alpha value is -2.66. The number of ether oxygens (including phenoxy) is 1. The Labute approximate surface area is 173 Å². The van der Waals surface area contributed by atoms with E-state index in [0.717, 1.165) is 26.5 Å². The van der Waals surface area contributed by atoms with Crippen LogP contribution < -0.4 is 10.2 Å². The van der Waals surface area contributed by atoms with Crippen LogP contribution in [-0.2, 0) is 4.79 Å². The molecule has 0 spiro atoms. The smallest absolute Gasteiger partial charge is 0.277 e. The second kappa shape index (κ2) is 9.02. The summed E-state index contributed by atoms with van der Waals surface area (Å²) in [4.78, 5) is 12.1. The minimum atomic E-state index is -0.301. The predicted octanol–water partition coefficient (Wildman–Crippen LogP) is 5.64. The van der Waals surface area contributed by atoms with Gasteiger partial charge in [-0.25, -0.2) is 5.43 Å². The van der Waals surface area contributed by atoms with Gasteiger partial charge < -0.3 is 4.74 Å². The fourth-order valence-electron chi connectivity index (χ4n) is 2.86. The fourth-order valence-corrected chi connectivity index (χ4v) is 3.33. The molecule has 0 fully saturated rings. The first-order chi connectivity index (χ1) is 13.5. The summed E-state index contributed by atoms with van der Waals surface area (Å²) in [5.41, 5.74) is 5.56. The van der Waals surface area contributed by atoms with E-state index in [0.29, 0.717) is 11.7 Å². The molecule has 28 heavy (non-hydrogen) atoms. The van der Waals surface area contributed by atoms with Gasteiger partial charge in [0.05, 0.1) is 5.71 Å². The van der Waals surface area contributed by atoms with Gasteiger partial charge in [0.15, 0.2) is 6.61 Å². The molecule has 0 heterocycles. The first-order valence-corrected chi connectivity index (χ1v) is 9.98. The summed E-state index contributed by atoms with van der Waals surface area (Å²) in [6.45, 7) is 6.08. The lowest BCUT2D eigenvalue weighted by molar-refractivity contribution is -0.123. The highest BCUT2D eigenvalue weighted by molar-refractivity contribution is 9.10. The number of hydrazone groups is 1. The lowest BCUT2D eigenvalue weighted by Gasteiger charge is -2.10. The number of carbonyl (C=O) groups excluding carboxylic acids is 1. The molecule has 5 heteroatoms. The molecule has 4 nitrogen and oxygen atoms in total. The summed E-state index contributed by atoms with van der Waals surface area (Å²) in [5, 5.41) is 6.18. The molecule has 3 aromatic rings. The average molecular weight is 439 g/mol. The highest BCUT2D eigenvalue weighted by atomic mass is 79.9. The highest BCUT2D eigenvalue weighted by Gasteiger charge is 2.08. The van der Waals surface area contributed by atoms with Crippen LogP contribution in [0.4, 0.5) is 0 Å². The van der Waals surface area contributed by atoms with Crippen molar-refractivity contribution in [2.75, 3.05) is 6.61 Å². The third-order valence-corrected chi connectivity index (χ3v) is 5.22. The van der Waals surface area contributed by atoms with Crippen LogP contribution >= 0.6 is 15.9 Å². The number of hydrogen-bond donors (Lipinski definition) is 1. The zero-order valence-corrected chi connectivity index (χ0v) is 17.8. The topological polar surface area (TPSA) is 50.7 Å². The summed E-state index contributed by atoms with van der Waals surface area (Å²) < 4.78 is 6.70. The monoisotopic (exact) mass is 438 g/mol. The molecule has 1 N–H and O–H groups in total. The number of nitrogens with zero attached hydrogens (tertiary/aromatic N) is 1. The van der Waals surface area contributed by atoms with Crippen LogP contribution in [0, 0.1) is 0 Å². The standard InChI is InChI=1S/C23H23BrN2O2/c1-15(2)17-8-10-18(11-9-17)16(3)25-26-23(27)14-28-22-13-12-21(24)19-6-4-5-7-20(19)22/h4-13,15H,14H2,1-3H3,(H,26,27). The van der Waals surface area contributed by atoms with Gasteiger partial charge in [0.2, 0.25) is 0 Å². The molecule has 0 atom stereocenters. The molecule has 0 radical (unpaired) electrons. The Morgan fingerprint density at radius 2 is 1.71 bits per heavy atom. The maximum atomic E-state index is 12.1. The van der Waals surface area contributed by atoms with Crippen LogP contribution in [0.1, 0.15) is 37.8 Å². The van der Waals surface area contributed by atoms with Crippen LogP contribution in [0.25, 0.3) is 10.8 Å². The maximum absolute atomic E-state index is 12.1. The zero-order chi connectivity index (χ0) is 20.1. The summed E-state index contributed by atoms with van der Waals surface area (Å²) in [5.74, 6) is 0.849. The normalized spacial score (nSPS) is 11.7. The van der Waals surface area contributed by atoms with Crippen LogP contribution in [0.2, 0.25) is 0 Å². The number of rotatable bonds is 6. The van der Waals surface area contributed by atoms with Gasteiger partial charge >= 0.3 is 0 Å². The quantitative estimate of drug-likeness (QED) is 0.399. The van der Waals surface area contributed by atoms with Gasteiger partial charge in [0.1, 0.15) is 5.75 Å². The molecule has 0 aliphatic rings. The molecular formula is C23H23BrN2O2. The van der Waals surface area contributed by atoms with Crippen molar-refractivity contribution < 1.29 is 9.53 Å². The van der Waals surface area contributed by atoms with Crippen molar-refractivity contribution in [3.63, 3.8) is 0 Å². The lowest BCUT2D eigenvalue weighted by Crippen LogP contribution is -2.25. The molecule has 1 amide bonds. The van der Waals surface area contributed by atoms with E-state index >= 15 is 0 Å². The Kier molecular flexibility index (Phi) is 6.47. The number of fused-ring (bicyclic) bond motifs is 1. The molecule has 3 aromatic carbocycles. The van der Waals surface area contributed by atoms with Crippen LogP contribution in [0.5, 0.6) is 5.75 Å². The van der Waals surface area contributed by atoms with E-state index in [-0.39, 0.29) is 12.5 Å². The molecule has 0 saturated heterocycles. The van der Waals surface area contributed by atoms with Crippen molar-refractivity contribution in [3.05, 3.63) is 76.3 Å². The minimum absolute atomic E-state index is 0.102. The van der Waals surface area contributed by atoms with E-state index in [1.807, 2.05) is 55.5 Å². The summed E-state index contributed by atoms with van der Waals surface area (Å²) in [7, 11) is 0. The molecule has 0 saturated carbocycles. The largest absolute Gasteiger partial charge is 0.483 e. The second-order valence-corrected chi connectivity index (χ2v) is 7.74. The van der Waals surface area contributed by atoms with Crippen molar-refractivity contribution >= 4 is 38.3 Å². The highest BCUT2D eigenvalue weighted by Crippen LogP contribution is 2.31. The van der Waals surface area contributed by atoms with Crippen molar-refractivity contribution in [1.29, 1.82) is 0 Å². The van der Waals surface area contributed by atoms with Crippen molar-refractivity contribution in [2.24, 2.45) is 5.10 Å². The van der Waals surface area contributed by atoms with Gasteiger partial charge in [-0.05, 0) is 41.5 Å². The summed E-state index contributed by atoms with van der Waals surface area (Å²) in [6.07, 6.45) is 0. The van der Waals surface area contributed by atoms with Crippen LogP contribution in [0.15, 0.2) is 70.2 Å². The fraction of sp³-hybridized carbons (Fsp3) is 0.217. The molecule has 144 valence electrons. The van der Waals surface area contributed by atoms with E-state index in [9.17, 15) is 4.79 Å². The van der Waals surface area contributed by atoms with Crippen LogP contribution in [-0.4, -0.2) is 18.2 Å². The summed E-state index contributed by atoms with van der Waals surface area (Å²) >= 11 is 3.53. The SMILES string of the molecule is CC(=NNC(=O)COc1ccc(Br)c2ccccc12)c1ccc(C(C)C)cc1. The van der Waals surface area contributed by atoms with Crippen molar-refractivity contribution in [3.8, 4) is 5.75 Å². The third kappa shape index (κ3) is 4.78. The van der Waals surface area contributed by atoms with E-state index in [2.05, 4.69) is 52.4 Å². The first-order valence-electron chi connectivity index (χ1n) is 9.19. The van der Waals surface area contributed by atoms with Gasteiger partial charge in [0, 0.05) is 9.86 Å². The molecule has 0 bridgehead atoms. The number of hydrogen-bond acceptors (Lipinski definition) is 3. The number of halogens is 1. The Bertz CT molecular complexity index is 1010. The molecule has 0 aliphatic heterocycles. The van der Waals surface area contributed by atoms with E-state index in [4.69, 9.17) is 4.74 Å². The third-order valence-electron chi connectivity index (χ3n) is 4.53. The van der Waals surface area contributed by atoms with Crippen LogP contribution in [0.3, 0.4) is 0 Å². The number of amides is 1. The molecule has 3 rings (SSSR count). The minimum Gasteiger partial charge on any atom is -0.483 e. The van der Waals surface area contributed by atoms with Gasteiger partial charge in [-0.3, -0.25) is 4.79 Å². The van der Waals surface area contributed by atoms with Crippen molar-refractivity contribution in [1.82, 2.24) is 5.43 Å². The first kappa shape index (κ1) is 20.1. The Morgan fingerprint density at radius 3 is 2.39 bits per heavy atom. The van der Waals surface area contributed by atoms with Crippen molar-refractivity contribution in [2.45, 2.75) is 26.7 Å². The average Bonchev–Trinajstić information content (AvgIpc) is 2.71. The predicted molar refractivity (Wildman–Crippen MR) is 118 cm³/mol. The Morgan fingerprint density at radius 1 is 1.04 bits per heavy atom. The van der Waals surface area contributed by atoms with E-state index < -0.39 is 0 Å². The van der Waals surface area contributed by atoms with Gasteiger partial charge in [-0.1, -0.05) is 78.3 Å². The number of carbonyl (C=O) groups is 1. The number of nitrogens with one attached hydrogen (secondary N) is 1. The molecule has 0 aromatic heterocycles.